The largest absolute Gasteiger partial charge is 0.371 e. The first-order valence-electron chi connectivity index (χ1n) is 8.87. The summed E-state index contributed by atoms with van der Waals surface area (Å²) in [5.41, 5.74) is 0.504. The molecule has 0 aliphatic carbocycles. The molecule has 0 unspecified atom stereocenters. The third kappa shape index (κ3) is 3.26. The van der Waals surface area contributed by atoms with E-state index in [1.54, 1.807) is 6.20 Å². The minimum atomic E-state index is -0.231. The van der Waals surface area contributed by atoms with Gasteiger partial charge in [-0.15, -0.1) is 0 Å². The van der Waals surface area contributed by atoms with Gasteiger partial charge in [-0.05, 0) is 37.1 Å². The Balaban J connectivity index is 1.42. The molecule has 1 N–H and O–H groups in total. The number of hydrogen-bond donors (Lipinski definition) is 1. The monoisotopic (exact) mass is 340 g/mol. The average Bonchev–Trinajstić information content (AvgIpc) is 3.22. The number of carbonyl (C=O) groups is 1. The number of carbonyl (C=O) groups excluding carboxylic acids is 1. The van der Waals surface area contributed by atoms with Gasteiger partial charge in [-0.1, -0.05) is 6.07 Å². The highest BCUT2D eigenvalue weighted by atomic mass is 16.5. The molecule has 4 rings (SSSR count). The fourth-order valence-electron chi connectivity index (χ4n) is 4.00. The number of anilines is 1. The summed E-state index contributed by atoms with van der Waals surface area (Å²) in [7, 11) is 1.91. The number of aromatic nitrogens is 2. The molecule has 6 nitrogen and oxygen atoms in total. The van der Waals surface area contributed by atoms with Gasteiger partial charge in [0.15, 0.2) is 0 Å². The number of nitrogens with zero attached hydrogens (tertiary/aromatic N) is 3. The Morgan fingerprint density at radius 3 is 3.04 bits per heavy atom. The lowest BCUT2D eigenvalue weighted by atomic mass is 9.88. The molecule has 1 amide bonds. The highest BCUT2D eigenvalue weighted by molar-refractivity contribution is 5.92. The van der Waals surface area contributed by atoms with Gasteiger partial charge in [-0.2, -0.15) is 0 Å². The minimum absolute atomic E-state index is 0.0938. The maximum atomic E-state index is 12.8. The van der Waals surface area contributed by atoms with Gasteiger partial charge in [0.1, 0.15) is 11.5 Å². The van der Waals surface area contributed by atoms with Crippen molar-refractivity contribution in [2.45, 2.75) is 30.9 Å². The molecular formula is C19H24N4O2. The normalized spacial score (nSPS) is 26.1. The SMILES string of the molecule is Cn1cccc1C(=O)N1CCC[C@@]2(C[C@@H](Nc3ccccn3)CO2)C1. The van der Waals surface area contributed by atoms with E-state index in [9.17, 15) is 4.79 Å². The third-order valence-corrected chi connectivity index (χ3v) is 5.22. The Morgan fingerprint density at radius 1 is 1.36 bits per heavy atom. The topological polar surface area (TPSA) is 59.4 Å². The van der Waals surface area contributed by atoms with E-state index in [2.05, 4.69) is 10.3 Å². The second-order valence-corrected chi connectivity index (χ2v) is 7.09. The number of amides is 1. The second kappa shape index (κ2) is 6.52. The molecular weight excluding hydrogens is 316 g/mol. The fourth-order valence-corrected chi connectivity index (χ4v) is 4.00. The van der Waals surface area contributed by atoms with Gasteiger partial charge in [0.25, 0.3) is 5.91 Å². The lowest BCUT2D eigenvalue weighted by Gasteiger charge is -2.39. The van der Waals surface area contributed by atoms with E-state index < -0.39 is 0 Å². The molecule has 2 saturated heterocycles. The number of pyridine rings is 1. The first kappa shape index (κ1) is 16.1. The number of likely N-dealkylation sites (tertiary alicyclic amines) is 1. The van der Waals surface area contributed by atoms with E-state index in [1.165, 1.54) is 0 Å². The van der Waals surface area contributed by atoms with Crippen LogP contribution in [0.25, 0.3) is 0 Å². The highest BCUT2D eigenvalue weighted by Gasteiger charge is 2.44. The molecule has 2 aromatic rings. The van der Waals surface area contributed by atoms with Crippen LogP contribution in [0.3, 0.4) is 0 Å². The van der Waals surface area contributed by atoms with Gasteiger partial charge in [-0.25, -0.2) is 4.98 Å². The molecule has 2 fully saturated rings. The van der Waals surface area contributed by atoms with Crippen molar-refractivity contribution in [3.63, 3.8) is 0 Å². The summed E-state index contributed by atoms with van der Waals surface area (Å²) in [5.74, 6) is 0.969. The maximum absolute atomic E-state index is 12.8. The number of ether oxygens (including phenoxy) is 1. The molecule has 0 bridgehead atoms. The van der Waals surface area contributed by atoms with Crippen LogP contribution in [0.15, 0.2) is 42.7 Å². The van der Waals surface area contributed by atoms with Gasteiger partial charge >= 0.3 is 0 Å². The lowest BCUT2D eigenvalue weighted by molar-refractivity contribution is -0.0449. The van der Waals surface area contributed by atoms with Gasteiger partial charge in [0.2, 0.25) is 0 Å². The number of piperidine rings is 1. The van der Waals surface area contributed by atoms with Gasteiger partial charge in [0.05, 0.1) is 24.8 Å². The summed E-state index contributed by atoms with van der Waals surface area (Å²) in [5, 5.41) is 3.45. The summed E-state index contributed by atoms with van der Waals surface area (Å²) >= 11 is 0. The van der Waals surface area contributed by atoms with Gasteiger partial charge in [0, 0.05) is 32.4 Å². The number of aryl methyl sites for hydroxylation is 1. The van der Waals surface area contributed by atoms with Crippen molar-refractivity contribution in [1.82, 2.24) is 14.5 Å². The van der Waals surface area contributed by atoms with Crippen LogP contribution in [0, 0.1) is 0 Å². The summed E-state index contributed by atoms with van der Waals surface area (Å²) < 4.78 is 8.08. The van der Waals surface area contributed by atoms with Crippen LogP contribution in [-0.2, 0) is 11.8 Å². The van der Waals surface area contributed by atoms with Crippen molar-refractivity contribution in [3.05, 3.63) is 48.4 Å². The number of hydrogen-bond acceptors (Lipinski definition) is 4. The average molecular weight is 340 g/mol. The Kier molecular flexibility index (Phi) is 4.21. The smallest absolute Gasteiger partial charge is 0.270 e. The number of rotatable bonds is 3. The van der Waals surface area contributed by atoms with E-state index in [4.69, 9.17) is 4.74 Å². The summed E-state index contributed by atoms with van der Waals surface area (Å²) in [6, 6.07) is 9.88. The van der Waals surface area contributed by atoms with Crippen LogP contribution >= 0.6 is 0 Å². The standard InChI is InChI=1S/C19H24N4O2/c1-22-10-4-6-16(22)18(24)23-11-5-8-19(14-23)12-15(13-25-19)21-17-7-2-3-9-20-17/h2-4,6-7,9-10,15H,5,8,11-14H2,1H3,(H,20,21)/t15-,19-/m1/s1. The van der Waals surface area contributed by atoms with Crippen molar-refractivity contribution in [1.29, 1.82) is 0 Å². The maximum Gasteiger partial charge on any atom is 0.270 e. The van der Waals surface area contributed by atoms with Gasteiger partial charge < -0.3 is 19.5 Å². The van der Waals surface area contributed by atoms with Crippen molar-refractivity contribution in [2.24, 2.45) is 7.05 Å². The molecule has 2 aliphatic rings. The zero-order valence-electron chi connectivity index (χ0n) is 14.5. The van der Waals surface area contributed by atoms with Crippen molar-refractivity contribution in [3.8, 4) is 0 Å². The van der Waals surface area contributed by atoms with E-state index in [0.717, 1.165) is 37.3 Å². The van der Waals surface area contributed by atoms with Crippen molar-refractivity contribution >= 4 is 11.7 Å². The van der Waals surface area contributed by atoms with Crippen molar-refractivity contribution in [2.75, 3.05) is 25.0 Å². The minimum Gasteiger partial charge on any atom is -0.371 e. The van der Waals surface area contributed by atoms with E-state index in [0.29, 0.717) is 13.2 Å². The molecule has 0 aromatic carbocycles. The first-order chi connectivity index (χ1) is 12.2. The molecule has 2 aromatic heterocycles. The number of nitrogens with one attached hydrogen (secondary N) is 1. The van der Waals surface area contributed by atoms with Gasteiger partial charge in [-0.3, -0.25) is 4.79 Å². The molecule has 2 atom stereocenters. The predicted octanol–water partition coefficient (Wildman–Crippen LogP) is 2.30. The zero-order chi connectivity index (χ0) is 17.3. The molecule has 0 saturated carbocycles. The Bertz CT molecular complexity index is 745. The second-order valence-electron chi connectivity index (χ2n) is 7.09. The van der Waals surface area contributed by atoms with Crippen LogP contribution in [0.4, 0.5) is 5.82 Å². The molecule has 2 aliphatic heterocycles. The third-order valence-electron chi connectivity index (χ3n) is 5.22. The van der Waals surface area contributed by atoms with Crippen LogP contribution in [0.1, 0.15) is 29.8 Å². The summed E-state index contributed by atoms with van der Waals surface area (Å²) in [6.45, 7) is 2.12. The Hall–Kier alpha value is -2.34. The Morgan fingerprint density at radius 2 is 2.28 bits per heavy atom. The molecule has 25 heavy (non-hydrogen) atoms. The molecule has 4 heterocycles. The lowest BCUT2D eigenvalue weighted by Crippen LogP contribution is -2.50. The molecule has 132 valence electrons. The molecule has 1 spiro atoms. The Labute approximate surface area is 147 Å². The highest BCUT2D eigenvalue weighted by Crippen LogP contribution is 2.36. The van der Waals surface area contributed by atoms with Crippen LogP contribution < -0.4 is 5.32 Å². The molecule has 0 radical (unpaired) electrons. The summed E-state index contributed by atoms with van der Waals surface area (Å²) in [4.78, 5) is 19.1. The van der Waals surface area contributed by atoms with E-state index in [1.807, 2.05) is 53.0 Å². The van der Waals surface area contributed by atoms with Crippen LogP contribution in [-0.4, -0.2) is 51.7 Å². The van der Waals surface area contributed by atoms with E-state index in [-0.39, 0.29) is 17.6 Å². The predicted molar refractivity (Wildman–Crippen MR) is 95.5 cm³/mol. The van der Waals surface area contributed by atoms with Crippen molar-refractivity contribution < 1.29 is 9.53 Å². The van der Waals surface area contributed by atoms with Crippen LogP contribution in [0.5, 0.6) is 0 Å². The molecule has 6 heteroatoms. The van der Waals surface area contributed by atoms with Crippen LogP contribution in [0.2, 0.25) is 0 Å². The summed E-state index contributed by atoms with van der Waals surface area (Å²) in [6.07, 6.45) is 6.58. The first-order valence-corrected chi connectivity index (χ1v) is 8.87. The quantitative estimate of drug-likeness (QED) is 0.931. The van der Waals surface area contributed by atoms with E-state index >= 15 is 0 Å². The fraction of sp³-hybridized carbons (Fsp3) is 0.474. The zero-order valence-corrected chi connectivity index (χ0v) is 14.5.